The van der Waals surface area contributed by atoms with Gasteiger partial charge in [-0.05, 0) is 37.3 Å². The molecule has 0 saturated carbocycles. The molecule has 0 unspecified atom stereocenters. The third-order valence-corrected chi connectivity index (χ3v) is 2.76. The Bertz CT molecular complexity index is 379. The largest absolute Gasteiger partial charge is 0.298 e. The Labute approximate surface area is 106 Å². The van der Waals surface area contributed by atoms with Gasteiger partial charge in [-0.2, -0.15) is 0 Å². The van der Waals surface area contributed by atoms with Crippen LogP contribution in [0.3, 0.4) is 0 Å². The lowest BCUT2D eigenvalue weighted by atomic mass is 10.0. The van der Waals surface area contributed by atoms with Crippen molar-refractivity contribution in [3.05, 3.63) is 35.4 Å². The summed E-state index contributed by atoms with van der Waals surface area (Å²) in [6, 6.07) is 8.77. The van der Waals surface area contributed by atoms with Crippen LogP contribution in [0.5, 0.6) is 0 Å². The number of terminal acetylenes is 1. The normalized spacial score (nSPS) is 11.5. The van der Waals surface area contributed by atoms with Crippen LogP contribution in [0.15, 0.2) is 24.3 Å². The molecule has 0 heterocycles. The van der Waals surface area contributed by atoms with Crippen molar-refractivity contribution in [3.8, 4) is 12.3 Å². The van der Waals surface area contributed by atoms with Crippen LogP contribution in [-0.4, -0.2) is 5.54 Å². The van der Waals surface area contributed by atoms with Gasteiger partial charge in [-0.1, -0.05) is 44.0 Å². The van der Waals surface area contributed by atoms with Gasteiger partial charge in [-0.25, -0.2) is 0 Å². The second-order valence-electron chi connectivity index (χ2n) is 5.54. The number of hydrogen-bond donors (Lipinski definition) is 1. The molecule has 92 valence electrons. The Balaban J connectivity index is 2.55. The molecule has 1 heteroatoms. The number of hydrogen-bond acceptors (Lipinski definition) is 1. The van der Waals surface area contributed by atoms with Crippen LogP contribution >= 0.6 is 0 Å². The van der Waals surface area contributed by atoms with E-state index in [1.54, 1.807) is 0 Å². The molecule has 0 fully saturated rings. The van der Waals surface area contributed by atoms with Crippen molar-refractivity contribution in [2.45, 2.75) is 46.2 Å². The summed E-state index contributed by atoms with van der Waals surface area (Å²) in [4.78, 5) is 0. The summed E-state index contributed by atoms with van der Waals surface area (Å²) >= 11 is 0. The molecule has 0 bridgehead atoms. The minimum atomic E-state index is -0.239. The van der Waals surface area contributed by atoms with Gasteiger partial charge < -0.3 is 0 Å². The fraction of sp³-hybridized carbons (Fsp3) is 0.500. The Morgan fingerprint density at radius 1 is 1.18 bits per heavy atom. The molecule has 0 saturated heterocycles. The molecule has 0 aliphatic heterocycles. The zero-order chi connectivity index (χ0) is 12.9. The van der Waals surface area contributed by atoms with E-state index in [0.717, 1.165) is 13.0 Å². The Morgan fingerprint density at radius 3 is 2.18 bits per heavy atom. The first-order chi connectivity index (χ1) is 7.93. The zero-order valence-corrected chi connectivity index (χ0v) is 11.4. The van der Waals surface area contributed by atoms with E-state index < -0.39 is 0 Å². The highest BCUT2D eigenvalue weighted by Crippen LogP contribution is 2.10. The molecule has 0 aromatic heterocycles. The molecular weight excluding hydrogens is 206 g/mol. The van der Waals surface area contributed by atoms with Crippen molar-refractivity contribution in [1.82, 2.24) is 5.32 Å². The van der Waals surface area contributed by atoms with Crippen LogP contribution in [0.1, 0.15) is 38.8 Å². The highest BCUT2D eigenvalue weighted by molar-refractivity contribution is 5.23. The zero-order valence-electron chi connectivity index (χ0n) is 11.4. The Kier molecular flexibility index (Phi) is 4.78. The molecule has 0 aliphatic rings. The van der Waals surface area contributed by atoms with Gasteiger partial charge in [0.1, 0.15) is 0 Å². The first kappa shape index (κ1) is 13.8. The van der Waals surface area contributed by atoms with E-state index in [-0.39, 0.29) is 5.54 Å². The SMILES string of the molecule is C#CC(C)(C)NCc1ccc(CC(C)C)cc1. The highest BCUT2D eigenvalue weighted by atomic mass is 14.9. The maximum Gasteiger partial charge on any atom is 0.0743 e. The summed E-state index contributed by atoms with van der Waals surface area (Å²) in [7, 11) is 0. The lowest BCUT2D eigenvalue weighted by Gasteiger charge is -2.19. The van der Waals surface area contributed by atoms with Crippen molar-refractivity contribution < 1.29 is 0 Å². The van der Waals surface area contributed by atoms with E-state index in [1.807, 2.05) is 13.8 Å². The molecule has 0 radical (unpaired) electrons. The van der Waals surface area contributed by atoms with Gasteiger partial charge in [-0.3, -0.25) is 5.32 Å². The van der Waals surface area contributed by atoms with Gasteiger partial charge in [0.25, 0.3) is 0 Å². The van der Waals surface area contributed by atoms with Gasteiger partial charge in [0.2, 0.25) is 0 Å². The second-order valence-corrected chi connectivity index (χ2v) is 5.54. The highest BCUT2D eigenvalue weighted by Gasteiger charge is 2.11. The van der Waals surface area contributed by atoms with E-state index >= 15 is 0 Å². The smallest absolute Gasteiger partial charge is 0.0743 e. The fourth-order valence-corrected chi connectivity index (χ4v) is 1.64. The van der Waals surface area contributed by atoms with Gasteiger partial charge in [0.15, 0.2) is 0 Å². The van der Waals surface area contributed by atoms with E-state index in [0.29, 0.717) is 5.92 Å². The van der Waals surface area contributed by atoms with Crippen molar-refractivity contribution in [2.75, 3.05) is 0 Å². The molecule has 0 spiro atoms. The lowest BCUT2D eigenvalue weighted by Crippen LogP contribution is -2.36. The standard InChI is InChI=1S/C16H23N/c1-6-16(4,5)17-12-15-9-7-14(8-10-15)11-13(2)3/h1,7-10,13,17H,11-12H2,2-5H3. The Morgan fingerprint density at radius 2 is 1.71 bits per heavy atom. The summed E-state index contributed by atoms with van der Waals surface area (Å²) in [5, 5.41) is 3.35. The summed E-state index contributed by atoms with van der Waals surface area (Å²) in [5.74, 6) is 3.45. The van der Waals surface area contributed by atoms with E-state index in [1.165, 1.54) is 11.1 Å². The quantitative estimate of drug-likeness (QED) is 0.763. The number of rotatable bonds is 5. The number of benzene rings is 1. The van der Waals surface area contributed by atoms with Crippen molar-refractivity contribution in [1.29, 1.82) is 0 Å². The minimum Gasteiger partial charge on any atom is -0.298 e. The molecule has 0 amide bonds. The Hall–Kier alpha value is -1.26. The van der Waals surface area contributed by atoms with Gasteiger partial charge in [0.05, 0.1) is 5.54 Å². The second kappa shape index (κ2) is 5.89. The molecule has 1 nitrogen and oxygen atoms in total. The van der Waals surface area contributed by atoms with Crippen molar-refractivity contribution >= 4 is 0 Å². The molecular formula is C16H23N. The van der Waals surface area contributed by atoms with E-state index in [2.05, 4.69) is 49.4 Å². The molecule has 17 heavy (non-hydrogen) atoms. The minimum absolute atomic E-state index is 0.239. The van der Waals surface area contributed by atoms with Crippen LogP contribution < -0.4 is 5.32 Å². The average Bonchev–Trinajstić information content (AvgIpc) is 2.28. The predicted molar refractivity (Wildman–Crippen MR) is 74.7 cm³/mol. The van der Waals surface area contributed by atoms with E-state index in [4.69, 9.17) is 6.42 Å². The molecule has 0 atom stereocenters. The van der Waals surface area contributed by atoms with Gasteiger partial charge >= 0.3 is 0 Å². The molecule has 1 aromatic rings. The first-order valence-electron chi connectivity index (χ1n) is 6.23. The van der Waals surface area contributed by atoms with Crippen LogP contribution in [0, 0.1) is 18.3 Å². The van der Waals surface area contributed by atoms with Crippen molar-refractivity contribution in [3.63, 3.8) is 0 Å². The van der Waals surface area contributed by atoms with Crippen molar-refractivity contribution in [2.24, 2.45) is 5.92 Å². The van der Waals surface area contributed by atoms with Gasteiger partial charge in [-0.15, -0.1) is 6.42 Å². The van der Waals surface area contributed by atoms with Crippen LogP contribution in [0.25, 0.3) is 0 Å². The van der Waals surface area contributed by atoms with E-state index in [9.17, 15) is 0 Å². The first-order valence-corrected chi connectivity index (χ1v) is 6.23. The lowest BCUT2D eigenvalue weighted by molar-refractivity contribution is 0.491. The third kappa shape index (κ3) is 5.06. The molecule has 0 aliphatic carbocycles. The van der Waals surface area contributed by atoms with Gasteiger partial charge in [0, 0.05) is 6.54 Å². The van der Waals surface area contributed by atoms with Crippen LogP contribution in [0.2, 0.25) is 0 Å². The number of nitrogens with one attached hydrogen (secondary N) is 1. The average molecular weight is 229 g/mol. The summed E-state index contributed by atoms with van der Waals surface area (Å²) < 4.78 is 0. The fourth-order valence-electron chi connectivity index (χ4n) is 1.64. The topological polar surface area (TPSA) is 12.0 Å². The maximum absolute atomic E-state index is 5.44. The van der Waals surface area contributed by atoms with Crippen LogP contribution in [-0.2, 0) is 13.0 Å². The molecule has 1 N–H and O–H groups in total. The molecule has 1 aromatic carbocycles. The summed E-state index contributed by atoms with van der Waals surface area (Å²) in [6.07, 6.45) is 6.58. The summed E-state index contributed by atoms with van der Waals surface area (Å²) in [5.41, 5.74) is 2.44. The van der Waals surface area contributed by atoms with Crippen LogP contribution in [0.4, 0.5) is 0 Å². The maximum atomic E-state index is 5.44. The molecule has 1 rings (SSSR count). The monoisotopic (exact) mass is 229 g/mol. The third-order valence-electron chi connectivity index (χ3n) is 2.76. The predicted octanol–water partition coefficient (Wildman–Crippen LogP) is 3.39. The summed E-state index contributed by atoms with van der Waals surface area (Å²) in [6.45, 7) is 9.33.